The Labute approximate surface area is 180 Å². The molecule has 0 aliphatic carbocycles. The van der Waals surface area contributed by atoms with Crippen LogP contribution in [0.2, 0.25) is 0 Å². The topological polar surface area (TPSA) is 79.7 Å². The summed E-state index contributed by atoms with van der Waals surface area (Å²) in [4.78, 5) is 29.8. The van der Waals surface area contributed by atoms with Crippen molar-refractivity contribution in [1.29, 1.82) is 0 Å². The van der Waals surface area contributed by atoms with E-state index >= 15 is 0 Å². The molecular weight excluding hydrogens is 392 g/mol. The van der Waals surface area contributed by atoms with Gasteiger partial charge in [-0.25, -0.2) is 9.59 Å². The number of fused-ring (bicyclic) bond motifs is 2. The van der Waals surface area contributed by atoms with Gasteiger partial charge in [-0.15, -0.1) is 0 Å². The zero-order valence-electron chi connectivity index (χ0n) is 17.8. The van der Waals surface area contributed by atoms with Gasteiger partial charge in [0.2, 0.25) is 0 Å². The van der Waals surface area contributed by atoms with E-state index in [2.05, 4.69) is 11.1 Å². The summed E-state index contributed by atoms with van der Waals surface area (Å²) in [6.45, 7) is 6.18. The molecule has 3 aromatic rings. The largest absolute Gasteiger partial charge is 0.478 e. The van der Waals surface area contributed by atoms with Crippen molar-refractivity contribution in [2.75, 3.05) is 11.4 Å². The normalized spacial score (nSPS) is 13.6. The Morgan fingerprint density at radius 3 is 2.48 bits per heavy atom. The third kappa shape index (κ3) is 4.43. The highest BCUT2D eigenvalue weighted by Gasteiger charge is 2.28. The molecule has 0 fully saturated rings. The van der Waals surface area contributed by atoms with Crippen molar-refractivity contribution < 1.29 is 19.4 Å². The van der Waals surface area contributed by atoms with Crippen LogP contribution in [0.3, 0.4) is 0 Å². The number of aromatic nitrogens is 1. The van der Waals surface area contributed by atoms with Crippen LogP contribution >= 0.6 is 0 Å². The molecule has 1 aliphatic rings. The smallest absolute Gasteiger partial charge is 0.414 e. The van der Waals surface area contributed by atoms with Gasteiger partial charge in [0.25, 0.3) is 0 Å². The first-order chi connectivity index (χ1) is 14.7. The number of amides is 1. The van der Waals surface area contributed by atoms with E-state index in [9.17, 15) is 14.7 Å². The standard InChI is InChI=1S/C25H24N2O4/c1-25(2,3)31-24(30)27-13-11-18-14-16(7-9-22(18)27)4-5-17-6-8-21-20(15-17)19(23(28)29)10-12-26-21/h4-10,12,14-15H,11,13H2,1-3H3,(H,28,29). The quantitative estimate of drug-likeness (QED) is 0.578. The highest BCUT2D eigenvalue weighted by Crippen LogP contribution is 2.31. The van der Waals surface area contributed by atoms with Crippen molar-refractivity contribution in [2.45, 2.75) is 32.8 Å². The Morgan fingerprint density at radius 1 is 1.06 bits per heavy atom. The molecule has 0 atom stereocenters. The second-order valence-corrected chi connectivity index (χ2v) is 8.54. The number of rotatable bonds is 3. The van der Waals surface area contributed by atoms with Crippen LogP contribution in [0.15, 0.2) is 48.7 Å². The first-order valence-corrected chi connectivity index (χ1v) is 10.1. The van der Waals surface area contributed by atoms with Crippen molar-refractivity contribution >= 4 is 40.8 Å². The number of carbonyl (C=O) groups excluding carboxylic acids is 1. The summed E-state index contributed by atoms with van der Waals surface area (Å²) in [5.74, 6) is -0.971. The molecule has 1 aromatic heterocycles. The molecule has 2 aromatic carbocycles. The van der Waals surface area contributed by atoms with Crippen LogP contribution in [0.4, 0.5) is 10.5 Å². The van der Waals surface area contributed by atoms with Gasteiger partial charge >= 0.3 is 12.1 Å². The third-order valence-electron chi connectivity index (χ3n) is 5.08. The fourth-order valence-corrected chi connectivity index (χ4v) is 3.68. The molecule has 4 rings (SSSR count). The molecule has 0 saturated heterocycles. The zero-order chi connectivity index (χ0) is 22.2. The number of carbonyl (C=O) groups is 2. The Balaban J connectivity index is 1.57. The maximum absolute atomic E-state index is 12.4. The minimum atomic E-state index is -0.971. The Kier molecular flexibility index (Phi) is 5.23. The molecule has 1 N–H and O–H groups in total. The van der Waals surface area contributed by atoms with Gasteiger partial charge in [0.15, 0.2) is 0 Å². The van der Waals surface area contributed by atoms with Crippen LogP contribution < -0.4 is 4.90 Å². The Bertz CT molecular complexity index is 1210. The molecule has 0 radical (unpaired) electrons. The second-order valence-electron chi connectivity index (χ2n) is 8.54. The van der Waals surface area contributed by atoms with E-state index in [0.29, 0.717) is 17.4 Å². The number of hydrogen-bond acceptors (Lipinski definition) is 4. The Hall–Kier alpha value is -3.67. The van der Waals surface area contributed by atoms with E-state index in [-0.39, 0.29) is 11.7 Å². The molecule has 0 unspecified atom stereocenters. The molecule has 31 heavy (non-hydrogen) atoms. The van der Waals surface area contributed by atoms with Gasteiger partial charge in [-0.2, -0.15) is 0 Å². The number of pyridine rings is 1. The average molecular weight is 416 g/mol. The summed E-state index contributed by atoms with van der Waals surface area (Å²) < 4.78 is 5.50. The van der Waals surface area contributed by atoms with Crippen molar-refractivity contribution in [3.05, 3.63) is 70.9 Å². The number of hydrogen-bond donors (Lipinski definition) is 1. The molecule has 6 heteroatoms. The molecule has 0 spiro atoms. The van der Waals surface area contributed by atoms with Crippen molar-refractivity contribution in [1.82, 2.24) is 4.98 Å². The SMILES string of the molecule is CC(C)(C)OC(=O)N1CCc2cc(C=Cc3ccc4nccc(C(=O)O)c4c3)ccc21. The highest BCUT2D eigenvalue weighted by atomic mass is 16.6. The van der Waals surface area contributed by atoms with Crippen LogP contribution in [0.1, 0.15) is 47.8 Å². The molecular formula is C25H24N2O4. The van der Waals surface area contributed by atoms with Gasteiger partial charge in [-0.1, -0.05) is 24.3 Å². The number of aromatic carboxylic acids is 1. The van der Waals surface area contributed by atoms with Crippen LogP contribution in [-0.2, 0) is 11.2 Å². The van der Waals surface area contributed by atoms with Gasteiger partial charge in [0.05, 0.1) is 16.8 Å². The van der Waals surface area contributed by atoms with Gasteiger partial charge in [-0.05, 0) is 74.2 Å². The number of carboxylic acids is 1. The van der Waals surface area contributed by atoms with Crippen LogP contribution in [0.5, 0.6) is 0 Å². The fourth-order valence-electron chi connectivity index (χ4n) is 3.68. The van der Waals surface area contributed by atoms with E-state index in [1.54, 1.807) is 4.90 Å². The van der Waals surface area contributed by atoms with Gasteiger partial charge in [0, 0.05) is 18.1 Å². The lowest BCUT2D eigenvalue weighted by Crippen LogP contribution is -2.35. The monoisotopic (exact) mass is 416 g/mol. The van der Waals surface area contributed by atoms with Crippen molar-refractivity contribution in [3.63, 3.8) is 0 Å². The van der Waals surface area contributed by atoms with E-state index in [0.717, 1.165) is 28.8 Å². The first kappa shape index (κ1) is 20.6. The van der Waals surface area contributed by atoms with Crippen molar-refractivity contribution in [3.8, 4) is 0 Å². The molecule has 6 nitrogen and oxygen atoms in total. The second kappa shape index (κ2) is 7.87. The maximum Gasteiger partial charge on any atom is 0.414 e. The molecule has 0 saturated carbocycles. The minimum Gasteiger partial charge on any atom is -0.478 e. The lowest BCUT2D eigenvalue weighted by Gasteiger charge is -2.24. The van der Waals surface area contributed by atoms with Crippen LogP contribution in [-0.4, -0.2) is 34.3 Å². The summed E-state index contributed by atoms with van der Waals surface area (Å²) in [7, 11) is 0. The summed E-state index contributed by atoms with van der Waals surface area (Å²) >= 11 is 0. The number of anilines is 1. The first-order valence-electron chi connectivity index (χ1n) is 10.1. The van der Waals surface area contributed by atoms with Crippen LogP contribution in [0.25, 0.3) is 23.1 Å². The maximum atomic E-state index is 12.4. The highest BCUT2D eigenvalue weighted by molar-refractivity contribution is 6.03. The summed E-state index contributed by atoms with van der Waals surface area (Å²) in [5.41, 5.74) is 4.24. The van der Waals surface area contributed by atoms with Crippen LogP contribution in [0, 0.1) is 0 Å². The molecule has 2 heterocycles. The number of ether oxygens (including phenoxy) is 1. The number of benzene rings is 2. The average Bonchev–Trinajstić information content (AvgIpc) is 3.13. The van der Waals surface area contributed by atoms with E-state index in [1.807, 2.05) is 63.3 Å². The van der Waals surface area contributed by atoms with Crippen molar-refractivity contribution in [2.24, 2.45) is 0 Å². The fraction of sp³-hybridized carbons (Fsp3) is 0.240. The van der Waals surface area contributed by atoms with Gasteiger partial charge < -0.3 is 9.84 Å². The predicted octanol–water partition coefficient (Wildman–Crippen LogP) is 5.40. The molecule has 1 aliphatic heterocycles. The zero-order valence-corrected chi connectivity index (χ0v) is 17.8. The third-order valence-corrected chi connectivity index (χ3v) is 5.08. The van der Waals surface area contributed by atoms with E-state index in [1.165, 1.54) is 12.3 Å². The lowest BCUT2D eigenvalue weighted by molar-refractivity contribution is 0.0583. The Morgan fingerprint density at radius 2 is 1.77 bits per heavy atom. The van der Waals surface area contributed by atoms with E-state index < -0.39 is 11.6 Å². The summed E-state index contributed by atoms with van der Waals surface area (Å²) in [6.07, 6.45) is 5.88. The summed E-state index contributed by atoms with van der Waals surface area (Å²) in [6, 6.07) is 13.1. The summed E-state index contributed by atoms with van der Waals surface area (Å²) in [5, 5.41) is 10.0. The minimum absolute atomic E-state index is 0.236. The number of carboxylic acid groups (broad SMARTS) is 1. The molecule has 1 amide bonds. The van der Waals surface area contributed by atoms with Gasteiger partial charge in [-0.3, -0.25) is 9.88 Å². The van der Waals surface area contributed by atoms with Gasteiger partial charge in [0.1, 0.15) is 5.60 Å². The number of nitrogens with zero attached hydrogens (tertiary/aromatic N) is 2. The molecule has 0 bridgehead atoms. The predicted molar refractivity (Wildman–Crippen MR) is 121 cm³/mol. The molecule has 158 valence electrons. The lowest BCUT2D eigenvalue weighted by atomic mass is 10.0. The van der Waals surface area contributed by atoms with E-state index in [4.69, 9.17) is 4.74 Å².